The summed E-state index contributed by atoms with van der Waals surface area (Å²) in [6.07, 6.45) is 3.98. The summed E-state index contributed by atoms with van der Waals surface area (Å²) in [5.74, 6) is 0. The number of aryl methyl sites for hydroxylation is 1. The van der Waals surface area contributed by atoms with Gasteiger partial charge in [0.1, 0.15) is 0 Å². The van der Waals surface area contributed by atoms with Crippen LogP contribution in [0.1, 0.15) is 29.2 Å². The van der Waals surface area contributed by atoms with Gasteiger partial charge in [0.05, 0.1) is 0 Å². The fraction of sp³-hybridized carbons (Fsp3) is 0.176. The lowest BCUT2D eigenvalue weighted by Gasteiger charge is -2.04. The van der Waals surface area contributed by atoms with E-state index >= 15 is 0 Å². The van der Waals surface area contributed by atoms with Gasteiger partial charge in [0.2, 0.25) is 0 Å². The Labute approximate surface area is 104 Å². The van der Waals surface area contributed by atoms with Crippen molar-refractivity contribution >= 4 is 6.08 Å². The van der Waals surface area contributed by atoms with Gasteiger partial charge in [-0.15, -0.1) is 0 Å². The standard InChI is InChI=1S/C17H18/c1-3-14-5-9-16(10-6-14)13-17-11-7-15(4-2)8-12-17/h3,5-12H,1,4,13H2,2H3. The van der Waals surface area contributed by atoms with Gasteiger partial charge < -0.3 is 0 Å². The molecular weight excluding hydrogens is 204 g/mol. The quantitative estimate of drug-likeness (QED) is 0.715. The highest BCUT2D eigenvalue weighted by Crippen LogP contribution is 2.12. The average Bonchev–Trinajstić information content (AvgIpc) is 2.40. The summed E-state index contributed by atoms with van der Waals surface area (Å²) >= 11 is 0. The zero-order valence-corrected chi connectivity index (χ0v) is 10.3. The maximum atomic E-state index is 3.76. The van der Waals surface area contributed by atoms with Crippen molar-refractivity contribution in [3.8, 4) is 0 Å². The Hall–Kier alpha value is -1.82. The van der Waals surface area contributed by atoms with Gasteiger partial charge >= 0.3 is 0 Å². The molecule has 0 heterocycles. The van der Waals surface area contributed by atoms with Crippen LogP contribution in [0.4, 0.5) is 0 Å². The Morgan fingerprint density at radius 1 is 0.824 bits per heavy atom. The van der Waals surface area contributed by atoms with Crippen molar-refractivity contribution in [2.45, 2.75) is 19.8 Å². The third-order valence-corrected chi connectivity index (χ3v) is 3.05. The molecule has 0 aliphatic heterocycles. The highest BCUT2D eigenvalue weighted by molar-refractivity contribution is 5.47. The molecule has 0 bridgehead atoms. The first kappa shape index (κ1) is 11.7. The van der Waals surface area contributed by atoms with Gasteiger partial charge in [-0.05, 0) is 35.1 Å². The zero-order valence-electron chi connectivity index (χ0n) is 10.3. The van der Waals surface area contributed by atoms with E-state index in [0.29, 0.717) is 0 Å². The van der Waals surface area contributed by atoms with Gasteiger partial charge in [-0.25, -0.2) is 0 Å². The van der Waals surface area contributed by atoms with Crippen molar-refractivity contribution < 1.29 is 0 Å². The van der Waals surface area contributed by atoms with Gasteiger partial charge in [-0.1, -0.05) is 68.1 Å². The van der Waals surface area contributed by atoms with Crippen LogP contribution in [0, 0.1) is 0 Å². The molecule has 17 heavy (non-hydrogen) atoms. The minimum absolute atomic E-state index is 1.00. The third-order valence-electron chi connectivity index (χ3n) is 3.05. The van der Waals surface area contributed by atoms with E-state index in [0.717, 1.165) is 12.8 Å². The van der Waals surface area contributed by atoms with E-state index in [4.69, 9.17) is 0 Å². The first-order valence-electron chi connectivity index (χ1n) is 6.11. The number of hydrogen-bond acceptors (Lipinski definition) is 0. The minimum Gasteiger partial charge on any atom is -0.0985 e. The number of hydrogen-bond donors (Lipinski definition) is 0. The van der Waals surface area contributed by atoms with E-state index in [1.165, 1.54) is 22.3 Å². The molecule has 2 aromatic rings. The molecule has 0 aliphatic carbocycles. The van der Waals surface area contributed by atoms with Gasteiger partial charge in [0.15, 0.2) is 0 Å². The van der Waals surface area contributed by atoms with E-state index in [1.807, 2.05) is 6.08 Å². The molecule has 0 N–H and O–H groups in total. The van der Waals surface area contributed by atoms with Crippen molar-refractivity contribution in [2.24, 2.45) is 0 Å². The van der Waals surface area contributed by atoms with E-state index < -0.39 is 0 Å². The lowest BCUT2D eigenvalue weighted by molar-refractivity contribution is 1.12. The third kappa shape index (κ3) is 3.07. The molecule has 0 atom stereocenters. The molecular formula is C17H18. The summed E-state index contributed by atoms with van der Waals surface area (Å²) in [4.78, 5) is 0. The summed E-state index contributed by atoms with van der Waals surface area (Å²) < 4.78 is 0. The van der Waals surface area contributed by atoms with Gasteiger partial charge in [-0.2, -0.15) is 0 Å². The van der Waals surface area contributed by atoms with Crippen LogP contribution in [0.15, 0.2) is 55.1 Å². The van der Waals surface area contributed by atoms with E-state index in [1.54, 1.807) is 0 Å². The smallest absolute Gasteiger partial charge is 0.00258 e. The molecule has 0 radical (unpaired) electrons. The molecule has 2 aromatic carbocycles. The second kappa shape index (κ2) is 5.49. The van der Waals surface area contributed by atoms with Crippen molar-refractivity contribution in [3.63, 3.8) is 0 Å². The van der Waals surface area contributed by atoms with Crippen LogP contribution in [0.2, 0.25) is 0 Å². The Morgan fingerprint density at radius 3 is 1.76 bits per heavy atom. The zero-order chi connectivity index (χ0) is 12.1. The predicted octanol–water partition coefficient (Wildman–Crippen LogP) is 4.48. The topological polar surface area (TPSA) is 0 Å². The van der Waals surface area contributed by atoms with Crippen LogP contribution >= 0.6 is 0 Å². The summed E-state index contributed by atoms with van der Waals surface area (Å²) in [5, 5.41) is 0. The van der Waals surface area contributed by atoms with Crippen molar-refractivity contribution in [2.75, 3.05) is 0 Å². The minimum atomic E-state index is 1.00. The number of benzene rings is 2. The SMILES string of the molecule is C=Cc1ccc(Cc2ccc(CC)cc2)cc1. The molecule has 0 heteroatoms. The molecule has 0 unspecified atom stereocenters. The van der Waals surface area contributed by atoms with Gasteiger partial charge in [-0.3, -0.25) is 0 Å². The van der Waals surface area contributed by atoms with Gasteiger partial charge in [0, 0.05) is 0 Å². The van der Waals surface area contributed by atoms with Crippen LogP contribution in [0.25, 0.3) is 6.08 Å². The molecule has 0 aliphatic rings. The molecule has 0 spiro atoms. The monoisotopic (exact) mass is 222 g/mol. The first-order chi connectivity index (χ1) is 8.31. The fourth-order valence-electron chi connectivity index (χ4n) is 1.90. The fourth-order valence-corrected chi connectivity index (χ4v) is 1.90. The molecule has 0 aromatic heterocycles. The maximum Gasteiger partial charge on any atom is -0.00258 e. The predicted molar refractivity (Wildman–Crippen MR) is 75.2 cm³/mol. The molecule has 0 nitrogen and oxygen atoms in total. The summed E-state index contributed by atoms with van der Waals surface area (Å²) in [6, 6.07) is 17.4. The largest absolute Gasteiger partial charge is 0.0985 e. The van der Waals surface area contributed by atoms with Crippen molar-refractivity contribution in [3.05, 3.63) is 77.4 Å². The lowest BCUT2D eigenvalue weighted by atomic mass is 10.0. The Morgan fingerprint density at radius 2 is 1.29 bits per heavy atom. The van der Waals surface area contributed by atoms with Crippen molar-refractivity contribution in [1.82, 2.24) is 0 Å². The van der Waals surface area contributed by atoms with E-state index in [-0.39, 0.29) is 0 Å². The van der Waals surface area contributed by atoms with Crippen molar-refractivity contribution in [1.29, 1.82) is 0 Å². The molecule has 0 saturated carbocycles. The van der Waals surface area contributed by atoms with Crippen LogP contribution in [0.3, 0.4) is 0 Å². The second-order valence-corrected chi connectivity index (χ2v) is 4.29. The Balaban J connectivity index is 2.10. The summed E-state index contributed by atoms with van der Waals surface area (Å²) in [6.45, 7) is 5.95. The summed E-state index contributed by atoms with van der Waals surface area (Å²) in [5.41, 5.74) is 5.29. The Bertz CT molecular complexity index is 474. The number of rotatable bonds is 4. The summed E-state index contributed by atoms with van der Waals surface area (Å²) in [7, 11) is 0. The average molecular weight is 222 g/mol. The van der Waals surface area contributed by atoms with E-state index in [2.05, 4.69) is 62.0 Å². The molecule has 86 valence electrons. The normalized spacial score (nSPS) is 10.2. The van der Waals surface area contributed by atoms with Crippen LogP contribution in [0.5, 0.6) is 0 Å². The van der Waals surface area contributed by atoms with Crippen LogP contribution in [-0.4, -0.2) is 0 Å². The Kier molecular flexibility index (Phi) is 3.77. The molecule has 2 rings (SSSR count). The lowest BCUT2D eigenvalue weighted by Crippen LogP contribution is -1.89. The van der Waals surface area contributed by atoms with E-state index in [9.17, 15) is 0 Å². The molecule has 0 fully saturated rings. The van der Waals surface area contributed by atoms with Crippen LogP contribution in [-0.2, 0) is 12.8 Å². The first-order valence-corrected chi connectivity index (χ1v) is 6.11. The highest BCUT2D eigenvalue weighted by Gasteiger charge is 1.96. The van der Waals surface area contributed by atoms with Gasteiger partial charge in [0.25, 0.3) is 0 Å². The second-order valence-electron chi connectivity index (χ2n) is 4.29. The molecule has 0 amide bonds. The van der Waals surface area contributed by atoms with Crippen LogP contribution < -0.4 is 0 Å². The highest BCUT2D eigenvalue weighted by atomic mass is 14.0. The maximum absolute atomic E-state index is 3.76. The molecule has 0 saturated heterocycles.